The Hall–Kier alpha value is -4.13. The van der Waals surface area contributed by atoms with Crippen molar-refractivity contribution in [3.63, 3.8) is 0 Å². The van der Waals surface area contributed by atoms with Crippen molar-refractivity contribution >= 4 is 23.7 Å². The molecule has 1 aliphatic carbocycles. The van der Waals surface area contributed by atoms with Gasteiger partial charge in [-0.2, -0.15) is 0 Å². The Morgan fingerprint density at radius 2 is 1.57 bits per heavy atom. The van der Waals surface area contributed by atoms with Crippen LogP contribution in [0.2, 0.25) is 0 Å². The Labute approximate surface area is 204 Å². The topological polar surface area (TPSA) is 105 Å². The van der Waals surface area contributed by atoms with Crippen LogP contribution in [-0.4, -0.2) is 35.7 Å². The van der Waals surface area contributed by atoms with E-state index in [1.165, 1.54) is 6.07 Å². The number of amides is 2. The molecule has 7 heteroatoms. The van der Waals surface area contributed by atoms with Crippen LogP contribution in [0.25, 0.3) is 11.1 Å². The fraction of sp³-hybridized carbons (Fsp3) is 0.250. The fourth-order valence-corrected chi connectivity index (χ4v) is 4.53. The molecule has 0 aliphatic heterocycles. The van der Waals surface area contributed by atoms with E-state index in [-0.39, 0.29) is 30.4 Å². The van der Waals surface area contributed by atoms with Crippen LogP contribution in [0.3, 0.4) is 0 Å². The highest BCUT2D eigenvalue weighted by Gasteiger charge is 2.29. The number of benzene rings is 3. The molecule has 2 amide bonds. The number of alkyl carbamates (subject to hydrolysis) is 1. The first kappa shape index (κ1) is 24.0. The van der Waals surface area contributed by atoms with E-state index in [0.29, 0.717) is 17.7 Å². The molecule has 1 atom stereocenters. The summed E-state index contributed by atoms with van der Waals surface area (Å²) in [5, 5.41) is 14.8. The number of rotatable bonds is 8. The van der Waals surface area contributed by atoms with Gasteiger partial charge in [-0.1, -0.05) is 61.5 Å². The average Bonchev–Trinajstić information content (AvgIpc) is 3.17. The number of aromatic carboxylic acids is 1. The van der Waals surface area contributed by atoms with Gasteiger partial charge in [0.1, 0.15) is 6.61 Å². The monoisotopic (exact) mass is 472 g/mol. The maximum absolute atomic E-state index is 12.6. The van der Waals surface area contributed by atoms with E-state index in [1.54, 1.807) is 19.1 Å². The van der Waals surface area contributed by atoms with Crippen molar-refractivity contribution in [3.8, 4) is 11.1 Å². The number of hydrogen-bond donors (Lipinski definition) is 3. The molecule has 0 fully saturated rings. The largest absolute Gasteiger partial charge is 0.478 e. The summed E-state index contributed by atoms with van der Waals surface area (Å²) in [6.45, 7) is 3.72. The standard InChI is InChI=1S/C28H28N2O5/c1-3-18(15-26(31)30-25-14-8-13-19(17(25)2)27(32)33)29-28(34)35-16-24-22-11-6-4-9-20(22)21-10-5-7-12-23(21)24/h4-14,18,24H,3,15-16H2,1-2H3,(H,29,34)(H,30,31)(H,32,33)/t18-/m0/s1. The van der Waals surface area contributed by atoms with E-state index in [0.717, 1.165) is 22.3 Å². The summed E-state index contributed by atoms with van der Waals surface area (Å²) in [6, 6.07) is 20.5. The molecule has 0 saturated heterocycles. The Morgan fingerprint density at radius 3 is 2.17 bits per heavy atom. The summed E-state index contributed by atoms with van der Waals surface area (Å²) in [6.07, 6.45) is -0.000932. The van der Waals surface area contributed by atoms with E-state index >= 15 is 0 Å². The van der Waals surface area contributed by atoms with Crippen LogP contribution in [0.15, 0.2) is 66.7 Å². The van der Waals surface area contributed by atoms with Gasteiger partial charge < -0.3 is 20.5 Å². The Morgan fingerprint density at radius 1 is 0.943 bits per heavy atom. The normalized spacial score (nSPS) is 12.9. The van der Waals surface area contributed by atoms with Crippen molar-refractivity contribution < 1.29 is 24.2 Å². The number of carbonyl (C=O) groups excluding carboxylic acids is 2. The maximum atomic E-state index is 12.6. The lowest BCUT2D eigenvalue weighted by Crippen LogP contribution is -2.38. The quantitative estimate of drug-likeness (QED) is 0.411. The van der Waals surface area contributed by atoms with Gasteiger partial charge >= 0.3 is 12.1 Å². The van der Waals surface area contributed by atoms with Crippen molar-refractivity contribution in [3.05, 3.63) is 89.0 Å². The van der Waals surface area contributed by atoms with Crippen molar-refractivity contribution in [2.24, 2.45) is 0 Å². The molecule has 7 nitrogen and oxygen atoms in total. The van der Waals surface area contributed by atoms with Crippen LogP contribution in [-0.2, 0) is 9.53 Å². The van der Waals surface area contributed by atoms with Crippen LogP contribution in [0, 0.1) is 6.92 Å². The average molecular weight is 473 g/mol. The van der Waals surface area contributed by atoms with Crippen molar-refractivity contribution in [2.75, 3.05) is 11.9 Å². The van der Waals surface area contributed by atoms with Gasteiger partial charge in [0.05, 0.1) is 5.56 Å². The number of carboxylic acid groups (broad SMARTS) is 1. The van der Waals surface area contributed by atoms with Crippen LogP contribution in [0.4, 0.5) is 10.5 Å². The third kappa shape index (κ3) is 5.19. The lowest BCUT2D eigenvalue weighted by molar-refractivity contribution is -0.116. The fourth-order valence-electron chi connectivity index (χ4n) is 4.53. The van der Waals surface area contributed by atoms with Gasteiger partial charge in [0.2, 0.25) is 5.91 Å². The van der Waals surface area contributed by atoms with Gasteiger partial charge in [-0.25, -0.2) is 9.59 Å². The van der Waals surface area contributed by atoms with Crippen molar-refractivity contribution in [1.82, 2.24) is 5.32 Å². The molecule has 0 unspecified atom stereocenters. The lowest BCUT2D eigenvalue weighted by Gasteiger charge is -2.19. The smallest absolute Gasteiger partial charge is 0.407 e. The molecular weight excluding hydrogens is 444 g/mol. The molecule has 0 bridgehead atoms. The van der Waals surface area contributed by atoms with Gasteiger partial charge in [-0.05, 0) is 53.3 Å². The van der Waals surface area contributed by atoms with Crippen molar-refractivity contribution in [2.45, 2.75) is 38.6 Å². The van der Waals surface area contributed by atoms with Gasteiger partial charge in [0.25, 0.3) is 0 Å². The number of anilines is 1. The second kappa shape index (κ2) is 10.4. The first-order valence-electron chi connectivity index (χ1n) is 11.6. The summed E-state index contributed by atoms with van der Waals surface area (Å²) in [4.78, 5) is 36.5. The van der Waals surface area contributed by atoms with Crippen LogP contribution < -0.4 is 10.6 Å². The number of carboxylic acids is 1. The predicted octanol–water partition coefficient (Wildman–Crippen LogP) is 5.34. The molecule has 0 spiro atoms. The molecule has 0 radical (unpaired) electrons. The first-order chi connectivity index (χ1) is 16.9. The third-order valence-corrected chi connectivity index (χ3v) is 6.43. The van der Waals surface area contributed by atoms with E-state index in [9.17, 15) is 19.5 Å². The summed E-state index contributed by atoms with van der Waals surface area (Å²) in [5.74, 6) is -1.41. The zero-order chi connectivity index (χ0) is 24.9. The van der Waals surface area contributed by atoms with Crippen LogP contribution in [0.5, 0.6) is 0 Å². The number of fused-ring (bicyclic) bond motifs is 3. The molecule has 4 rings (SSSR count). The third-order valence-electron chi connectivity index (χ3n) is 6.43. The number of nitrogens with one attached hydrogen (secondary N) is 2. The summed E-state index contributed by atoms with van der Waals surface area (Å²) < 4.78 is 5.59. The molecule has 0 aromatic heterocycles. The minimum absolute atomic E-state index is 0.0391. The van der Waals surface area contributed by atoms with E-state index in [1.807, 2.05) is 31.2 Å². The molecule has 180 valence electrons. The summed E-state index contributed by atoms with van der Waals surface area (Å²) in [7, 11) is 0. The lowest BCUT2D eigenvalue weighted by atomic mass is 9.98. The Balaban J connectivity index is 1.35. The molecule has 0 heterocycles. The number of hydrogen-bond acceptors (Lipinski definition) is 4. The Kier molecular flexibility index (Phi) is 7.15. The summed E-state index contributed by atoms with van der Waals surface area (Å²) in [5.41, 5.74) is 5.62. The first-order valence-corrected chi connectivity index (χ1v) is 11.6. The predicted molar refractivity (Wildman–Crippen MR) is 134 cm³/mol. The highest BCUT2D eigenvalue weighted by atomic mass is 16.5. The minimum atomic E-state index is -1.05. The molecule has 0 saturated carbocycles. The van der Waals surface area contributed by atoms with Crippen LogP contribution in [0.1, 0.15) is 52.7 Å². The van der Waals surface area contributed by atoms with Gasteiger partial charge in [0.15, 0.2) is 0 Å². The second-order valence-corrected chi connectivity index (χ2v) is 8.61. The molecular formula is C28H28N2O5. The number of ether oxygens (including phenoxy) is 1. The van der Waals surface area contributed by atoms with Gasteiger partial charge in [0, 0.05) is 24.1 Å². The Bertz CT molecular complexity index is 1220. The van der Waals surface area contributed by atoms with Crippen molar-refractivity contribution in [1.29, 1.82) is 0 Å². The highest BCUT2D eigenvalue weighted by Crippen LogP contribution is 2.44. The van der Waals surface area contributed by atoms with E-state index < -0.39 is 18.1 Å². The molecule has 35 heavy (non-hydrogen) atoms. The molecule has 3 aromatic carbocycles. The number of carbonyl (C=O) groups is 3. The van der Waals surface area contributed by atoms with E-state index in [4.69, 9.17) is 4.74 Å². The maximum Gasteiger partial charge on any atom is 0.407 e. The molecule has 3 N–H and O–H groups in total. The second-order valence-electron chi connectivity index (χ2n) is 8.61. The van der Waals surface area contributed by atoms with Gasteiger partial charge in [-0.3, -0.25) is 4.79 Å². The zero-order valence-corrected chi connectivity index (χ0v) is 19.7. The molecule has 1 aliphatic rings. The summed E-state index contributed by atoms with van der Waals surface area (Å²) >= 11 is 0. The SMILES string of the molecule is CC[C@@H](CC(=O)Nc1cccc(C(=O)O)c1C)NC(=O)OCC1c2ccccc2-c2ccccc21. The molecule has 3 aromatic rings. The van der Waals surface area contributed by atoms with Gasteiger partial charge in [-0.15, -0.1) is 0 Å². The zero-order valence-electron chi connectivity index (χ0n) is 19.7. The minimum Gasteiger partial charge on any atom is -0.478 e. The van der Waals surface area contributed by atoms with Crippen LogP contribution >= 0.6 is 0 Å². The van der Waals surface area contributed by atoms with E-state index in [2.05, 4.69) is 34.9 Å². The highest BCUT2D eigenvalue weighted by molar-refractivity contribution is 5.96.